The number of hydrogen-bond acceptors (Lipinski definition) is 3. The Morgan fingerprint density at radius 2 is 1.55 bits per heavy atom. The van der Waals surface area contributed by atoms with E-state index >= 15 is 0 Å². The second kappa shape index (κ2) is 5.67. The van der Waals surface area contributed by atoms with Gasteiger partial charge in [-0.1, -0.05) is 42.5 Å². The van der Waals surface area contributed by atoms with E-state index in [0.717, 1.165) is 0 Å². The molecule has 0 heterocycles. The molecule has 0 spiro atoms. The highest BCUT2D eigenvalue weighted by molar-refractivity contribution is 6.11. The highest BCUT2D eigenvalue weighted by Crippen LogP contribution is 2.25. The van der Waals surface area contributed by atoms with Gasteiger partial charge >= 0.3 is 5.97 Å². The number of aromatic carboxylic acids is 1. The van der Waals surface area contributed by atoms with Crippen LogP contribution in [-0.2, 0) is 0 Å². The average molecular weight is 270 g/mol. The number of carbonyl (C=O) groups excluding carboxylic acids is 1. The molecule has 0 radical (unpaired) electrons. The standard InChI is InChI=1S/C16H14O4/c1-10(17)14-12(8-5-9-13(14)16(19)20)15(18)11-6-3-2-4-7-11/h2-10,17H,1H3,(H,19,20). The molecule has 2 N–H and O–H groups in total. The number of rotatable bonds is 4. The first-order valence-electron chi connectivity index (χ1n) is 6.16. The van der Waals surface area contributed by atoms with Crippen LogP contribution in [0.25, 0.3) is 0 Å². The third-order valence-corrected chi connectivity index (χ3v) is 3.03. The van der Waals surface area contributed by atoms with Gasteiger partial charge in [-0.2, -0.15) is 0 Å². The van der Waals surface area contributed by atoms with Crippen molar-refractivity contribution in [3.63, 3.8) is 0 Å². The van der Waals surface area contributed by atoms with E-state index in [1.807, 2.05) is 0 Å². The average Bonchev–Trinajstić information content (AvgIpc) is 2.46. The number of carbonyl (C=O) groups is 2. The lowest BCUT2D eigenvalue weighted by Crippen LogP contribution is -2.13. The van der Waals surface area contributed by atoms with Crippen molar-refractivity contribution in [3.05, 3.63) is 70.8 Å². The Hall–Kier alpha value is -2.46. The van der Waals surface area contributed by atoms with Crippen LogP contribution >= 0.6 is 0 Å². The van der Waals surface area contributed by atoms with Crippen LogP contribution in [0.1, 0.15) is 44.9 Å². The lowest BCUT2D eigenvalue weighted by molar-refractivity contribution is 0.0690. The van der Waals surface area contributed by atoms with E-state index in [1.165, 1.54) is 25.1 Å². The van der Waals surface area contributed by atoms with Crippen LogP contribution in [0.2, 0.25) is 0 Å². The minimum Gasteiger partial charge on any atom is -0.478 e. The van der Waals surface area contributed by atoms with Crippen molar-refractivity contribution in [2.45, 2.75) is 13.0 Å². The topological polar surface area (TPSA) is 74.6 Å². The Morgan fingerprint density at radius 3 is 2.10 bits per heavy atom. The Labute approximate surface area is 116 Å². The summed E-state index contributed by atoms with van der Waals surface area (Å²) in [5.41, 5.74) is 0.763. The van der Waals surface area contributed by atoms with Gasteiger partial charge in [0.25, 0.3) is 0 Å². The predicted octanol–water partition coefficient (Wildman–Crippen LogP) is 2.67. The third-order valence-electron chi connectivity index (χ3n) is 3.03. The first-order chi connectivity index (χ1) is 9.52. The zero-order valence-corrected chi connectivity index (χ0v) is 10.9. The molecule has 20 heavy (non-hydrogen) atoms. The van der Waals surface area contributed by atoms with Gasteiger partial charge in [0.1, 0.15) is 0 Å². The normalized spacial score (nSPS) is 11.9. The summed E-state index contributed by atoms with van der Waals surface area (Å²) in [6, 6.07) is 13.0. The third kappa shape index (κ3) is 2.60. The summed E-state index contributed by atoms with van der Waals surface area (Å²) < 4.78 is 0. The summed E-state index contributed by atoms with van der Waals surface area (Å²) in [6.45, 7) is 1.45. The summed E-state index contributed by atoms with van der Waals surface area (Å²) >= 11 is 0. The molecule has 4 heteroatoms. The number of hydrogen-bond donors (Lipinski definition) is 2. The van der Waals surface area contributed by atoms with Crippen molar-refractivity contribution in [1.82, 2.24) is 0 Å². The minimum absolute atomic E-state index is 0.0539. The SMILES string of the molecule is CC(O)c1c(C(=O)O)cccc1C(=O)c1ccccc1. The fraction of sp³-hybridized carbons (Fsp3) is 0.125. The van der Waals surface area contributed by atoms with Gasteiger partial charge in [0.05, 0.1) is 11.7 Å². The Bertz CT molecular complexity index is 645. The molecule has 2 aromatic carbocycles. The minimum atomic E-state index is -1.16. The molecule has 1 atom stereocenters. The molecular formula is C16H14O4. The van der Waals surface area contributed by atoms with Gasteiger partial charge in [0.15, 0.2) is 5.78 Å². The van der Waals surface area contributed by atoms with E-state index in [2.05, 4.69) is 0 Å². The smallest absolute Gasteiger partial charge is 0.336 e. The van der Waals surface area contributed by atoms with Gasteiger partial charge in [0.2, 0.25) is 0 Å². The van der Waals surface area contributed by atoms with Crippen LogP contribution in [0.3, 0.4) is 0 Å². The molecule has 0 aliphatic heterocycles. The fourth-order valence-electron chi connectivity index (χ4n) is 2.14. The largest absolute Gasteiger partial charge is 0.478 e. The van der Waals surface area contributed by atoms with Crippen LogP contribution < -0.4 is 0 Å². The monoisotopic (exact) mass is 270 g/mol. The molecule has 0 amide bonds. The lowest BCUT2D eigenvalue weighted by Gasteiger charge is -2.14. The lowest BCUT2D eigenvalue weighted by atomic mass is 9.92. The maximum absolute atomic E-state index is 12.4. The maximum Gasteiger partial charge on any atom is 0.336 e. The number of aliphatic hydroxyl groups excluding tert-OH is 1. The number of carboxylic acids is 1. The number of benzene rings is 2. The molecule has 0 saturated carbocycles. The van der Waals surface area contributed by atoms with Crippen molar-refractivity contribution in [2.24, 2.45) is 0 Å². The quantitative estimate of drug-likeness (QED) is 0.837. The van der Waals surface area contributed by atoms with Gasteiger partial charge in [-0.3, -0.25) is 4.79 Å². The number of ketones is 1. The summed E-state index contributed by atoms with van der Waals surface area (Å²) in [5, 5.41) is 19.0. The van der Waals surface area contributed by atoms with Crippen molar-refractivity contribution in [3.8, 4) is 0 Å². The van der Waals surface area contributed by atoms with E-state index in [0.29, 0.717) is 5.56 Å². The maximum atomic E-state index is 12.4. The molecule has 0 aliphatic carbocycles. The van der Waals surface area contributed by atoms with Crippen molar-refractivity contribution in [1.29, 1.82) is 0 Å². The van der Waals surface area contributed by atoms with Gasteiger partial charge in [-0.05, 0) is 13.0 Å². The van der Waals surface area contributed by atoms with Crippen LogP contribution in [0.4, 0.5) is 0 Å². The Morgan fingerprint density at radius 1 is 0.950 bits per heavy atom. The van der Waals surface area contributed by atoms with Crippen molar-refractivity contribution >= 4 is 11.8 Å². The molecule has 2 aromatic rings. The van der Waals surface area contributed by atoms with Gasteiger partial charge in [-0.25, -0.2) is 4.79 Å². The Balaban J connectivity index is 2.60. The Kier molecular flexibility index (Phi) is 3.96. The molecule has 1 unspecified atom stereocenters. The van der Waals surface area contributed by atoms with Crippen LogP contribution in [0.15, 0.2) is 48.5 Å². The summed E-state index contributed by atoms with van der Waals surface area (Å²) in [7, 11) is 0. The second-order valence-electron chi connectivity index (χ2n) is 4.44. The number of aliphatic hydroxyl groups is 1. The molecular weight excluding hydrogens is 256 g/mol. The van der Waals surface area contributed by atoms with E-state index in [4.69, 9.17) is 5.11 Å². The van der Waals surface area contributed by atoms with E-state index in [1.54, 1.807) is 30.3 Å². The highest BCUT2D eigenvalue weighted by Gasteiger charge is 2.22. The number of carboxylic acid groups (broad SMARTS) is 1. The first kappa shape index (κ1) is 14.0. The molecule has 2 rings (SSSR count). The van der Waals surface area contributed by atoms with E-state index in [-0.39, 0.29) is 22.5 Å². The van der Waals surface area contributed by atoms with Crippen molar-refractivity contribution in [2.75, 3.05) is 0 Å². The van der Waals surface area contributed by atoms with Crippen LogP contribution in [0.5, 0.6) is 0 Å². The highest BCUT2D eigenvalue weighted by atomic mass is 16.4. The van der Waals surface area contributed by atoms with Gasteiger partial charge in [-0.15, -0.1) is 0 Å². The molecule has 0 bridgehead atoms. The van der Waals surface area contributed by atoms with E-state index in [9.17, 15) is 14.7 Å². The molecule has 102 valence electrons. The van der Waals surface area contributed by atoms with Gasteiger partial charge in [0, 0.05) is 16.7 Å². The summed E-state index contributed by atoms with van der Waals surface area (Å²) in [6.07, 6.45) is -1.04. The molecule has 4 nitrogen and oxygen atoms in total. The predicted molar refractivity (Wildman–Crippen MR) is 73.9 cm³/mol. The molecule has 0 fully saturated rings. The zero-order chi connectivity index (χ0) is 14.7. The summed E-state index contributed by atoms with van der Waals surface area (Å²) in [4.78, 5) is 23.7. The molecule has 0 aromatic heterocycles. The van der Waals surface area contributed by atoms with Gasteiger partial charge < -0.3 is 10.2 Å². The van der Waals surface area contributed by atoms with Crippen LogP contribution in [0, 0.1) is 0 Å². The van der Waals surface area contributed by atoms with Crippen LogP contribution in [-0.4, -0.2) is 22.0 Å². The van der Waals surface area contributed by atoms with E-state index < -0.39 is 12.1 Å². The molecule has 0 saturated heterocycles. The summed E-state index contributed by atoms with van der Waals surface area (Å²) in [5.74, 6) is -1.46. The fourth-order valence-corrected chi connectivity index (χ4v) is 2.14. The second-order valence-corrected chi connectivity index (χ2v) is 4.44. The van der Waals surface area contributed by atoms with Crippen molar-refractivity contribution < 1.29 is 19.8 Å². The molecule has 0 aliphatic rings. The zero-order valence-electron chi connectivity index (χ0n) is 10.9. The first-order valence-corrected chi connectivity index (χ1v) is 6.16.